The molecule has 144 valence electrons. The van der Waals surface area contributed by atoms with Crippen LogP contribution in [0, 0.1) is 0 Å². The van der Waals surface area contributed by atoms with Gasteiger partial charge in [0, 0.05) is 16.8 Å². The minimum atomic E-state index is -5.28. The fraction of sp³-hybridized carbons (Fsp3) is 0.188. The lowest BCUT2D eigenvalue weighted by Gasteiger charge is -2.34. The highest BCUT2D eigenvalue weighted by Gasteiger charge is 2.63. The Bertz CT molecular complexity index is 847. The number of aromatic nitrogens is 1. The number of carbonyl (C=O) groups excluding carboxylic acids is 2. The van der Waals surface area contributed by atoms with Crippen LogP contribution < -0.4 is 10.6 Å². The number of halogens is 5. The van der Waals surface area contributed by atoms with Crippen molar-refractivity contribution < 1.29 is 27.5 Å². The predicted molar refractivity (Wildman–Crippen MR) is 92.6 cm³/mol. The molecule has 0 saturated carbocycles. The van der Waals surface area contributed by atoms with Crippen molar-refractivity contribution in [3.63, 3.8) is 0 Å². The molecule has 0 aliphatic rings. The van der Waals surface area contributed by atoms with Gasteiger partial charge in [-0.25, -0.2) is 9.78 Å². The van der Waals surface area contributed by atoms with Crippen LogP contribution in [0.2, 0.25) is 10.0 Å². The van der Waals surface area contributed by atoms with Crippen LogP contribution in [0.15, 0.2) is 42.6 Å². The van der Waals surface area contributed by atoms with Gasteiger partial charge in [0.1, 0.15) is 5.82 Å². The van der Waals surface area contributed by atoms with Gasteiger partial charge in [0.15, 0.2) is 0 Å². The molecule has 1 amide bonds. The average molecular weight is 422 g/mol. The third-order valence-corrected chi connectivity index (χ3v) is 3.81. The summed E-state index contributed by atoms with van der Waals surface area (Å²) in [6.07, 6.45) is -4.21. The lowest BCUT2D eigenvalue weighted by Crippen LogP contribution is -2.69. The van der Waals surface area contributed by atoms with Gasteiger partial charge in [0.05, 0.1) is 12.1 Å². The number of hydrogen-bond acceptors (Lipinski definition) is 5. The van der Waals surface area contributed by atoms with Crippen LogP contribution >= 0.6 is 23.2 Å². The van der Waals surface area contributed by atoms with Crippen molar-refractivity contribution >= 4 is 40.9 Å². The summed E-state index contributed by atoms with van der Waals surface area (Å²) >= 11 is 11.4. The van der Waals surface area contributed by atoms with Gasteiger partial charge in [0.2, 0.25) is 0 Å². The molecule has 1 aromatic heterocycles. The third-order valence-electron chi connectivity index (χ3n) is 3.35. The Labute approximate surface area is 161 Å². The van der Waals surface area contributed by atoms with Crippen LogP contribution in [0.1, 0.15) is 10.4 Å². The molecule has 1 aromatic carbocycles. The molecule has 0 saturated heterocycles. The second kappa shape index (κ2) is 8.01. The molecule has 2 aromatic rings. The number of esters is 1. The maximum absolute atomic E-state index is 13.9. The number of benzene rings is 1. The molecule has 11 heteroatoms. The van der Waals surface area contributed by atoms with Gasteiger partial charge in [-0.05, 0) is 30.3 Å². The highest BCUT2D eigenvalue weighted by Crippen LogP contribution is 2.33. The summed E-state index contributed by atoms with van der Waals surface area (Å²) in [4.78, 5) is 28.1. The number of carbonyl (C=O) groups is 2. The summed E-state index contributed by atoms with van der Waals surface area (Å²) in [5, 5.41) is 3.83. The van der Waals surface area contributed by atoms with Crippen molar-refractivity contribution in [2.75, 3.05) is 12.4 Å². The van der Waals surface area contributed by atoms with Gasteiger partial charge in [0.25, 0.3) is 5.91 Å². The zero-order valence-electron chi connectivity index (χ0n) is 13.6. The van der Waals surface area contributed by atoms with Crippen LogP contribution in [-0.2, 0) is 9.53 Å². The summed E-state index contributed by atoms with van der Waals surface area (Å²) < 4.78 is 45.9. The number of rotatable bonds is 5. The number of nitrogens with zero attached hydrogens (tertiary/aromatic N) is 1. The van der Waals surface area contributed by atoms with E-state index < -0.39 is 23.7 Å². The number of anilines is 1. The number of pyridine rings is 1. The van der Waals surface area contributed by atoms with Crippen LogP contribution in [0.4, 0.5) is 19.0 Å². The van der Waals surface area contributed by atoms with Crippen LogP contribution in [0.5, 0.6) is 0 Å². The molecule has 6 nitrogen and oxygen atoms in total. The molecule has 1 atom stereocenters. The van der Waals surface area contributed by atoms with E-state index >= 15 is 0 Å². The summed E-state index contributed by atoms with van der Waals surface area (Å²) in [5.74, 6) is -3.36. The van der Waals surface area contributed by atoms with Crippen LogP contribution in [0.3, 0.4) is 0 Å². The molecule has 1 heterocycles. The molecule has 0 radical (unpaired) electrons. The van der Waals surface area contributed by atoms with Crippen molar-refractivity contribution in [3.05, 3.63) is 58.2 Å². The third kappa shape index (κ3) is 4.61. The van der Waals surface area contributed by atoms with E-state index in [0.29, 0.717) is 0 Å². The summed E-state index contributed by atoms with van der Waals surface area (Å²) in [7, 11) is 0.755. The molecule has 27 heavy (non-hydrogen) atoms. The van der Waals surface area contributed by atoms with E-state index in [9.17, 15) is 22.8 Å². The van der Waals surface area contributed by atoms with Crippen LogP contribution in [0.25, 0.3) is 0 Å². The second-order valence-corrected chi connectivity index (χ2v) is 6.06. The van der Waals surface area contributed by atoms with E-state index in [4.69, 9.17) is 23.2 Å². The zero-order valence-corrected chi connectivity index (χ0v) is 15.1. The minimum absolute atomic E-state index is 0.130. The Morgan fingerprint density at radius 3 is 2.33 bits per heavy atom. The summed E-state index contributed by atoms with van der Waals surface area (Å²) in [5.41, 5.74) is -3.78. The second-order valence-electron chi connectivity index (χ2n) is 5.19. The normalized spacial score (nSPS) is 13.4. The zero-order chi connectivity index (χ0) is 20.2. The van der Waals surface area contributed by atoms with Crippen molar-refractivity contribution in [1.82, 2.24) is 10.3 Å². The molecule has 0 spiro atoms. The summed E-state index contributed by atoms with van der Waals surface area (Å²) in [6, 6.07) is 7.56. The molecule has 0 bridgehead atoms. The lowest BCUT2D eigenvalue weighted by molar-refractivity contribution is -0.203. The number of hydrogen-bond donors (Lipinski definition) is 2. The van der Waals surface area contributed by atoms with Gasteiger partial charge in [-0.15, -0.1) is 0 Å². The average Bonchev–Trinajstić information content (AvgIpc) is 2.61. The topological polar surface area (TPSA) is 80.3 Å². The van der Waals surface area contributed by atoms with Gasteiger partial charge in [-0.2, -0.15) is 13.2 Å². The standard InChI is InChI=1S/C16H12Cl2F3N3O3/c1-27-14(26)15(16(19,20)21,23-12-6-5-11(18)8-22-12)24-13(25)9-3-2-4-10(17)7-9/h2-8H,1H3,(H,22,23)(H,24,25). The van der Waals surface area contributed by atoms with E-state index in [1.165, 1.54) is 24.3 Å². The van der Waals surface area contributed by atoms with Crippen molar-refractivity contribution in [1.29, 1.82) is 0 Å². The maximum Gasteiger partial charge on any atom is 0.441 e. The predicted octanol–water partition coefficient (Wildman–Crippen LogP) is 3.66. The van der Waals surface area contributed by atoms with E-state index in [-0.39, 0.29) is 21.4 Å². The van der Waals surface area contributed by atoms with E-state index in [2.05, 4.69) is 9.72 Å². The number of alkyl halides is 3. The Morgan fingerprint density at radius 1 is 1.11 bits per heavy atom. The Balaban J connectivity index is 2.48. The highest BCUT2D eigenvalue weighted by molar-refractivity contribution is 6.31. The van der Waals surface area contributed by atoms with E-state index in [1.807, 2.05) is 5.32 Å². The molecular weight excluding hydrogens is 410 g/mol. The largest absolute Gasteiger partial charge is 0.466 e. The van der Waals surface area contributed by atoms with Crippen molar-refractivity contribution in [3.8, 4) is 0 Å². The van der Waals surface area contributed by atoms with Gasteiger partial charge < -0.3 is 15.4 Å². The number of amides is 1. The number of methoxy groups -OCH3 is 1. The SMILES string of the molecule is COC(=O)C(NC(=O)c1cccc(Cl)c1)(Nc1ccc(Cl)cn1)C(F)(F)F. The molecule has 2 N–H and O–H groups in total. The molecular formula is C16H12Cl2F3N3O3. The Kier molecular flexibility index (Phi) is 6.17. The molecule has 0 aliphatic carbocycles. The van der Waals surface area contributed by atoms with Gasteiger partial charge in [-0.3, -0.25) is 4.79 Å². The summed E-state index contributed by atoms with van der Waals surface area (Å²) in [6.45, 7) is 0. The van der Waals surface area contributed by atoms with E-state index in [1.54, 1.807) is 5.32 Å². The minimum Gasteiger partial charge on any atom is -0.466 e. The Hall–Kier alpha value is -2.52. The quantitative estimate of drug-likeness (QED) is 0.568. The van der Waals surface area contributed by atoms with Crippen LogP contribution in [-0.4, -0.2) is 35.8 Å². The van der Waals surface area contributed by atoms with E-state index in [0.717, 1.165) is 25.4 Å². The van der Waals surface area contributed by atoms with Crippen molar-refractivity contribution in [2.24, 2.45) is 0 Å². The molecule has 0 fully saturated rings. The first-order valence-electron chi connectivity index (χ1n) is 7.22. The first kappa shape index (κ1) is 20.8. The monoisotopic (exact) mass is 421 g/mol. The maximum atomic E-state index is 13.9. The smallest absolute Gasteiger partial charge is 0.441 e. The number of nitrogens with one attached hydrogen (secondary N) is 2. The number of ether oxygens (including phenoxy) is 1. The lowest BCUT2D eigenvalue weighted by atomic mass is 10.1. The fourth-order valence-electron chi connectivity index (χ4n) is 2.06. The first-order chi connectivity index (χ1) is 12.6. The Morgan fingerprint density at radius 2 is 1.81 bits per heavy atom. The first-order valence-corrected chi connectivity index (χ1v) is 7.97. The molecule has 1 unspecified atom stereocenters. The van der Waals surface area contributed by atoms with Gasteiger partial charge in [-0.1, -0.05) is 29.3 Å². The fourth-order valence-corrected chi connectivity index (χ4v) is 2.36. The van der Waals surface area contributed by atoms with Crippen molar-refractivity contribution in [2.45, 2.75) is 11.8 Å². The molecule has 0 aliphatic heterocycles. The molecule has 2 rings (SSSR count). The highest BCUT2D eigenvalue weighted by atomic mass is 35.5. The van der Waals surface area contributed by atoms with Gasteiger partial charge >= 0.3 is 17.8 Å².